The molecule has 0 saturated carbocycles. The molecule has 114 valence electrons. The van der Waals surface area contributed by atoms with E-state index in [-0.39, 0.29) is 11.7 Å². The molecule has 1 aliphatic carbocycles. The van der Waals surface area contributed by atoms with Crippen molar-refractivity contribution in [1.29, 1.82) is 0 Å². The van der Waals surface area contributed by atoms with E-state index in [0.717, 1.165) is 3.57 Å². The van der Waals surface area contributed by atoms with Gasteiger partial charge in [0.15, 0.2) is 5.78 Å². The van der Waals surface area contributed by atoms with E-state index in [4.69, 9.17) is 4.84 Å². The Morgan fingerprint density at radius 2 is 1.91 bits per heavy atom. The van der Waals surface area contributed by atoms with Gasteiger partial charge in [-0.05, 0) is 65.3 Å². The maximum absolute atomic E-state index is 12.1. The number of halogens is 1. The molecule has 0 spiro atoms. The summed E-state index contributed by atoms with van der Waals surface area (Å²) in [5.41, 5.74) is 2.32. The number of nitrogens with zero attached hydrogens (tertiary/aromatic N) is 1. The van der Waals surface area contributed by atoms with Gasteiger partial charge in [-0.25, -0.2) is 4.79 Å². The third-order valence-corrected chi connectivity index (χ3v) is 4.21. The van der Waals surface area contributed by atoms with Crippen LogP contribution in [-0.4, -0.2) is 17.5 Å². The first-order chi connectivity index (χ1) is 10.4. The maximum atomic E-state index is 12.1. The van der Waals surface area contributed by atoms with E-state index in [0.29, 0.717) is 22.4 Å². The normalized spacial score (nSPS) is 16.6. The second-order valence-corrected chi connectivity index (χ2v) is 6.44. The van der Waals surface area contributed by atoms with Crippen LogP contribution in [0.3, 0.4) is 0 Å². The lowest BCUT2D eigenvalue weighted by atomic mass is 9.90. The number of carbonyl (C=O) groups excluding carboxylic acids is 2. The van der Waals surface area contributed by atoms with Gasteiger partial charge >= 0.3 is 5.97 Å². The number of hydrogen-bond acceptors (Lipinski definition) is 4. The van der Waals surface area contributed by atoms with E-state index in [2.05, 4.69) is 27.7 Å². The molecule has 1 aromatic rings. The Morgan fingerprint density at radius 3 is 2.55 bits per heavy atom. The second kappa shape index (κ2) is 7.00. The Hall–Kier alpha value is -1.76. The monoisotopic (exact) mass is 409 g/mol. The van der Waals surface area contributed by atoms with Crippen LogP contribution in [0.25, 0.3) is 0 Å². The van der Waals surface area contributed by atoms with Crippen LogP contribution in [0.5, 0.6) is 0 Å². The van der Waals surface area contributed by atoms with Crippen LogP contribution in [0, 0.1) is 9.49 Å². The van der Waals surface area contributed by atoms with Gasteiger partial charge in [-0.2, -0.15) is 0 Å². The van der Waals surface area contributed by atoms with Crippen LogP contribution < -0.4 is 0 Å². The van der Waals surface area contributed by atoms with Gasteiger partial charge in [0.25, 0.3) is 0 Å². The third-order valence-electron chi connectivity index (χ3n) is 3.27. The number of allylic oxidation sites excluding steroid dienone is 4. The molecule has 0 aromatic heterocycles. The summed E-state index contributed by atoms with van der Waals surface area (Å²) in [5.74, 6) is -0.440. The Kier molecular flexibility index (Phi) is 5.28. The minimum Gasteiger partial charge on any atom is -0.312 e. The van der Waals surface area contributed by atoms with Crippen LogP contribution in [0.15, 0.2) is 52.7 Å². The van der Waals surface area contributed by atoms with Crippen LogP contribution in [0.1, 0.15) is 31.1 Å². The smallest absolute Gasteiger partial charge is 0.312 e. The first-order valence-corrected chi connectivity index (χ1v) is 7.96. The lowest BCUT2D eigenvalue weighted by Crippen LogP contribution is -2.16. The summed E-state index contributed by atoms with van der Waals surface area (Å²) in [4.78, 5) is 29.0. The number of benzene rings is 1. The number of carbonyl (C=O) groups is 2. The maximum Gasteiger partial charge on any atom is 0.366 e. The Bertz CT molecular complexity index is 714. The molecule has 0 bridgehead atoms. The van der Waals surface area contributed by atoms with Crippen LogP contribution in [0.4, 0.5) is 0 Å². The number of ketones is 1. The molecule has 0 radical (unpaired) electrons. The largest absolute Gasteiger partial charge is 0.366 e. The van der Waals surface area contributed by atoms with Crippen molar-refractivity contribution in [3.8, 4) is 0 Å². The van der Waals surface area contributed by atoms with Crippen LogP contribution in [-0.2, 0) is 9.63 Å². The van der Waals surface area contributed by atoms with E-state index < -0.39 is 5.97 Å². The van der Waals surface area contributed by atoms with Crippen LogP contribution in [0.2, 0.25) is 0 Å². The minimum atomic E-state index is -0.512. The molecule has 0 fully saturated rings. The fraction of sp³-hybridized carbons (Fsp3) is 0.235. The molecule has 0 unspecified atom stereocenters. The third kappa shape index (κ3) is 3.71. The zero-order valence-electron chi connectivity index (χ0n) is 12.6. The lowest BCUT2D eigenvalue weighted by Gasteiger charge is -2.14. The highest BCUT2D eigenvalue weighted by Gasteiger charge is 2.19. The predicted molar refractivity (Wildman–Crippen MR) is 93.7 cm³/mol. The van der Waals surface area contributed by atoms with Crippen molar-refractivity contribution in [1.82, 2.24) is 0 Å². The molecule has 0 saturated heterocycles. The first-order valence-electron chi connectivity index (χ1n) is 6.88. The molecule has 0 amide bonds. The average molecular weight is 409 g/mol. The molecule has 1 aromatic carbocycles. The average Bonchev–Trinajstić information content (AvgIpc) is 2.46. The Balaban J connectivity index is 2.22. The van der Waals surface area contributed by atoms with Gasteiger partial charge in [0, 0.05) is 9.14 Å². The van der Waals surface area contributed by atoms with Gasteiger partial charge in [-0.3, -0.25) is 4.79 Å². The summed E-state index contributed by atoms with van der Waals surface area (Å²) in [7, 11) is 0. The quantitative estimate of drug-likeness (QED) is 0.329. The van der Waals surface area contributed by atoms with Gasteiger partial charge in [-0.1, -0.05) is 31.1 Å². The molecular formula is C17H16INO3. The van der Waals surface area contributed by atoms with E-state index in [1.165, 1.54) is 6.08 Å². The van der Waals surface area contributed by atoms with Crippen molar-refractivity contribution in [3.63, 3.8) is 0 Å². The molecule has 1 aliphatic rings. The number of oxime groups is 1. The molecule has 0 N–H and O–H groups in total. The summed E-state index contributed by atoms with van der Waals surface area (Å²) >= 11 is 2.07. The SMILES string of the molecule is CC1=CC(=O)C(C(C)C)=C/C1=N/OC(=O)c1ccccc1I. The van der Waals surface area contributed by atoms with Crippen molar-refractivity contribution < 1.29 is 14.4 Å². The fourth-order valence-corrected chi connectivity index (χ4v) is 2.61. The molecule has 0 heterocycles. The molecule has 4 nitrogen and oxygen atoms in total. The summed E-state index contributed by atoms with van der Waals surface area (Å²) in [6.45, 7) is 5.65. The first kappa shape index (κ1) is 16.6. The standard InChI is InChI=1S/C17H16INO3/c1-10(2)13-9-15(11(3)8-16(13)20)19-22-17(21)12-6-4-5-7-14(12)18/h4-10H,1-3H3/b19-15-. The second-order valence-electron chi connectivity index (χ2n) is 5.28. The zero-order chi connectivity index (χ0) is 16.3. The molecule has 2 rings (SSSR count). The van der Waals surface area contributed by atoms with Crippen molar-refractivity contribution in [3.05, 3.63) is 56.7 Å². The van der Waals surface area contributed by atoms with E-state index in [1.807, 2.05) is 26.0 Å². The molecule has 5 heteroatoms. The highest BCUT2D eigenvalue weighted by Crippen LogP contribution is 2.20. The summed E-state index contributed by atoms with van der Waals surface area (Å²) < 4.78 is 0.801. The summed E-state index contributed by atoms with van der Waals surface area (Å²) in [5, 5.41) is 3.92. The molecule has 0 aliphatic heterocycles. The van der Waals surface area contributed by atoms with E-state index in [9.17, 15) is 9.59 Å². The van der Waals surface area contributed by atoms with Crippen molar-refractivity contribution >= 4 is 40.1 Å². The Morgan fingerprint density at radius 1 is 1.23 bits per heavy atom. The highest BCUT2D eigenvalue weighted by atomic mass is 127. The zero-order valence-corrected chi connectivity index (χ0v) is 14.7. The summed E-state index contributed by atoms with van der Waals surface area (Å²) in [6, 6.07) is 7.13. The predicted octanol–water partition coefficient (Wildman–Crippen LogP) is 3.92. The molecule has 22 heavy (non-hydrogen) atoms. The van der Waals surface area contributed by atoms with Gasteiger partial charge in [0.2, 0.25) is 0 Å². The number of rotatable bonds is 3. The van der Waals surface area contributed by atoms with E-state index in [1.54, 1.807) is 25.1 Å². The van der Waals surface area contributed by atoms with Crippen molar-refractivity contribution in [2.45, 2.75) is 20.8 Å². The fourth-order valence-electron chi connectivity index (χ4n) is 2.00. The highest BCUT2D eigenvalue weighted by molar-refractivity contribution is 14.1. The minimum absolute atomic E-state index is 0.0182. The molecular weight excluding hydrogens is 393 g/mol. The van der Waals surface area contributed by atoms with Gasteiger partial charge in [0.05, 0.1) is 5.56 Å². The van der Waals surface area contributed by atoms with Crippen LogP contribution >= 0.6 is 22.6 Å². The molecule has 0 atom stereocenters. The van der Waals surface area contributed by atoms with Crippen molar-refractivity contribution in [2.75, 3.05) is 0 Å². The topological polar surface area (TPSA) is 55.7 Å². The Labute approximate surface area is 143 Å². The number of hydrogen-bond donors (Lipinski definition) is 0. The van der Waals surface area contributed by atoms with Gasteiger partial charge in [-0.15, -0.1) is 0 Å². The van der Waals surface area contributed by atoms with Gasteiger partial charge < -0.3 is 4.84 Å². The van der Waals surface area contributed by atoms with Crippen molar-refractivity contribution in [2.24, 2.45) is 11.1 Å². The lowest BCUT2D eigenvalue weighted by molar-refractivity contribution is -0.111. The summed E-state index contributed by atoms with van der Waals surface area (Å²) in [6.07, 6.45) is 3.21. The van der Waals surface area contributed by atoms with Gasteiger partial charge in [0.1, 0.15) is 5.71 Å². The van der Waals surface area contributed by atoms with E-state index >= 15 is 0 Å².